The van der Waals surface area contributed by atoms with Gasteiger partial charge in [-0.25, -0.2) is 0 Å². The Kier molecular flexibility index (Phi) is 9.20. The Bertz CT molecular complexity index is 355. The monoisotopic (exact) mass is 352 g/mol. The van der Waals surface area contributed by atoms with Crippen molar-refractivity contribution in [1.82, 2.24) is 0 Å². The third-order valence-corrected chi connectivity index (χ3v) is 7.29. The summed E-state index contributed by atoms with van der Waals surface area (Å²) < 4.78 is 11.5. The summed E-state index contributed by atoms with van der Waals surface area (Å²) in [7, 11) is 0. The molecule has 0 aromatic carbocycles. The van der Waals surface area contributed by atoms with Crippen LogP contribution in [0, 0.1) is 11.8 Å². The van der Waals surface area contributed by atoms with E-state index in [0.29, 0.717) is 0 Å². The summed E-state index contributed by atoms with van der Waals surface area (Å²) >= 11 is -2.22. The van der Waals surface area contributed by atoms with Crippen LogP contribution in [-0.2, 0) is 17.2 Å². The third kappa shape index (κ3) is 6.77. The highest BCUT2D eigenvalue weighted by atomic mass is 27.2. The van der Waals surface area contributed by atoms with E-state index in [0.717, 1.165) is 75.9 Å². The van der Waals surface area contributed by atoms with E-state index in [1.54, 1.807) is 0 Å². The Labute approximate surface area is 151 Å². The molecule has 136 valence electrons. The van der Waals surface area contributed by atoms with Crippen LogP contribution in [0.2, 0.25) is 5.28 Å². The lowest BCUT2D eigenvalue weighted by atomic mass is 9.89. The quantitative estimate of drug-likeness (QED) is 0.460. The molecule has 2 aliphatic carbocycles. The summed E-state index contributed by atoms with van der Waals surface area (Å²) in [5, 5.41) is 0.769. The number of carbonyl (C=O) groups excluding carboxylic acids is 2. The molecule has 2 rings (SSSR count). The summed E-state index contributed by atoms with van der Waals surface area (Å²) in [4.78, 5) is 24.8. The molecule has 5 heteroatoms. The van der Waals surface area contributed by atoms with E-state index in [4.69, 9.17) is 7.58 Å². The highest BCUT2D eigenvalue weighted by Gasteiger charge is 2.39. The minimum atomic E-state index is -2.22. The Morgan fingerprint density at radius 1 is 0.792 bits per heavy atom. The Hall–Kier alpha value is -0.528. The van der Waals surface area contributed by atoms with Crippen molar-refractivity contribution < 1.29 is 17.2 Å². The van der Waals surface area contributed by atoms with Gasteiger partial charge >= 0.3 is 14.8 Å². The second-order valence-corrected chi connectivity index (χ2v) is 9.38. The van der Waals surface area contributed by atoms with Crippen LogP contribution in [-0.4, -0.2) is 26.8 Å². The van der Waals surface area contributed by atoms with Crippen molar-refractivity contribution >= 4 is 26.8 Å². The molecule has 0 atom stereocenters. The minimum Gasteiger partial charge on any atom is -0.585 e. The maximum absolute atomic E-state index is 12.4. The molecule has 0 aliphatic heterocycles. The van der Waals surface area contributed by atoms with Gasteiger partial charge in [0, 0.05) is 0 Å². The highest BCUT2D eigenvalue weighted by Crippen LogP contribution is 2.27. The van der Waals surface area contributed by atoms with E-state index in [2.05, 4.69) is 6.92 Å². The van der Waals surface area contributed by atoms with Gasteiger partial charge in [-0.3, -0.25) is 9.59 Å². The van der Waals surface area contributed by atoms with Crippen LogP contribution in [0.1, 0.15) is 90.4 Å². The molecule has 0 saturated heterocycles. The molecule has 2 aliphatic rings. The second-order valence-electron chi connectivity index (χ2n) is 7.47. The first-order valence-corrected chi connectivity index (χ1v) is 11.9. The van der Waals surface area contributed by atoms with E-state index < -0.39 is 14.8 Å². The second kappa shape index (κ2) is 11.2. The standard InChI is InChI=1S/2C7H12O2.C5H11.Al/c2*8-7(9)6-4-2-1-3-5-6;1-3-5-4-2;/h2*6H,1-5H2,(H,8,9);1,3-5H2,2H3;/q;;;+2/p-2. The van der Waals surface area contributed by atoms with Crippen molar-refractivity contribution in [2.45, 2.75) is 95.7 Å². The predicted molar refractivity (Wildman–Crippen MR) is 95.4 cm³/mol. The van der Waals surface area contributed by atoms with Crippen molar-refractivity contribution in [2.75, 3.05) is 0 Å². The number of hydrogen-bond donors (Lipinski definition) is 0. The van der Waals surface area contributed by atoms with Gasteiger partial charge < -0.3 is 7.58 Å². The van der Waals surface area contributed by atoms with Crippen LogP contribution in [0.4, 0.5) is 0 Å². The zero-order chi connectivity index (χ0) is 17.2. The van der Waals surface area contributed by atoms with Crippen molar-refractivity contribution in [3.8, 4) is 0 Å². The molecule has 24 heavy (non-hydrogen) atoms. The largest absolute Gasteiger partial charge is 0.860 e. The van der Waals surface area contributed by atoms with Gasteiger partial charge in [0.2, 0.25) is 0 Å². The molecule has 0 bridgehead atoms. The van der Waals surface area contributed by atoms with Crippen molar-refractivity contribution in [2.24, 2.45) is 11.8 Å². The van der Waals surface area contributed by atoms with Crippen LogP contribution >= 0.6 is 0 Å². The fraction of sp³-hybridized carbons (Fsp3) is 0.895. The summed E-state index contributed by atoms with van der Waals surface area (Å²) in [6, 6.07) is 0. The number of unbranched alkanes of at least 4 members (excludes halogenated alkanes) is 2. The van der Waals surface area contributed by atoms with Crippen LogP contribution in [0.3, 0.4) is 0 Å². The maximum Gasteiger partial charge on any atom is 0.860 e. The lowest BCUT2D eigenvalue weighted by Gasteiger charge is -2.25. The summed E-state index contributed by atoms with van der Waals surface area (Å²) in [6.07, 6.45) is 13.9. The predicted octanol–water partition coefficient (Wildman–Crippen LogP) is 4.91. The average molecular weight is 352 g/mol. The molecule has 0 aromatic rings. The minimum absolute atomic E-state index is 0.0355. The third-order valence-electron chi connectivity index (χ3n) is 5.42. The number of rotatable bonds is 8. The van der Waals surface area contributed by atoms with E-state index in [1.165, 1.54) is 12.8 Å². The van der Waals surface area contributed by atoms with E-state index >= 15 is 0 Å². The van der Waals surface area contributed by atoms with Gasteiger partial charge in [0.25, 0.3) is 11.9 Å². The van der Waals surface area contributed by atoms with Crippen LogP contribution in [0.5, 0.6) is 0 Å². The summed E-state index contributed by atoms with van der Waals surface area (Å²) in [5.41, 5.74) is 0. The lowest BCUT2D eigenvalue weighted by Crippen LogP contribution is -2.35. The Morgan fingerprint density at radius 3 is 1.67 bits per heavy atom. The average Bonchev–Trinajstić information content (AvgIpc) is 2.63. The fourth-order valence-electron chi connectivity index (χ4n) is 3.83. The van der Waals surface area contributed by atoms with E-state index in [1.807, 2.05) is 0 Å². The normalized spacial score (nSPS) is 19.7. The number of carbonyl (C=O) groups is 2. The molecule has 0 radical (unpaired) electrons. The SMILES string of the molecule is CCCC[CH2][Al]([O]C(=O)C1CCCCC1)[O]C(=O)C1CCCCC1. The molecule has 2 saturated carbocycles. The van der Waals surface area contributed by atoms with Crippen LogP contribution < -0.4 is 0 Å². The Morgan fingerprint density at radius 2 is 1.25 bits per heavy atom. The Balaban J connectivity index is 1.85. The van der Waals surface area contributed by atoms with Gasteiger partial charge in [0.1, 0.15) is 0 Å². The number of hydrogen-bond acceptors (Lipinski definition) is 4. The van der Waals surface area contributed by atoms with Crippen LogP contribution in [0.15, 0.2) is 0 Å². The van der Waals surface area contributed by atoms with E-state index in [9.17, 15) is 9.59 Å². The summed E-state index contributed by atoms with van der Waals surface area (Å²) in [5.74, 6) is -0.125. The molecule has 2 fully saturated rings. The van der Waals surface area contributed by atoms with Crippen LogP contribution in [0.25, 0.3) is 0 Å². The smallest absolute Gasteiger partial charge is 0.585 e. The molecule has 0 unspecified atom stereocenters. The van der Waals surface area contributed by atoms with E-state index in [-0.39, 0.29) is 23.8 Å². The molecule has 0 amide bonds. The fourth-order valence-corrected chi connectivity index (χ4v) is 5.64. The highest BCUT2D eigenvalue weighted by molar-refractivity contribution is 6.49. The lowest BCUT2D eigenvalue weighted by molar-refractivity contribution is -0.146. The maximum atomic E-state index is 12.4. The van der Waals surface area contributed by atoms with Gasteiger partial charge in [0.15, 0.2) is 0 Å². The van der Waals surface area contributed by atoms with Gasteiger partial charge in [0.05, 0.1) is 11.8 Å². The molecular weight excluding hydrogens is 319 g/mol. The summed E-state index contributed by atoms with van der Waals surface area (Å²) in [6.45, 7) is 2.15. The van der Waals surface area contributed by atoms with Gasteiger partial charge in [-0.2, -0.15) is 0 Å². The van der Waals surface area contributed by atoms with Crippen molar-refractivity contribution in [1.29, 1.82) is 0 Å². The molecule has 4 nitrogen and oxygen atoms in total. The first-order chi connectivity index (χ1) is 11.7. The molecule has 0 aromatic heterocycles. The molecule has 0 spiro atoms. The van der Waals surface area contributed by atoms with Crippen molar-refractivity contribution in [3.63, 3.8) is 0 Å². The van der Waals surface area contributed by atoms with Gasteiger partial charge in [-0.05, 0) is 31.0 Å². The molecular formula is C19H33AlO4. The first kappa shape index (κ1) is 19.8. The van der Waals surface area contributed by atoms with Gasteiger partial charge in [-0.1, -0.05) is 64.7 Å². The molecule has 0 heterocycles. The zero-order valence-corrected chi connectivity index (χ0v) is 16.4. The first-order valence-electron chi connectivity index (χ1n) is 10.1. The zero-order valence-electron chi connectivity index (χ0n) is 15.3. The van der Waals surface area contributed by atoms with Gasteiger partial charge in [-0.15, -0.1) is 0 Å². The molecule has 0 N–H and O–H groups in total. The topological polar surface area (TPSA) is 52.6 Å². The van der Waals surface area contributed by atoms with Crippen molar-refractivity contribution in [3.05, 3.63) is 0 Å².